The van der Waals surface area contributed by atoms with Gasteiger partial charge in [0.25, 0.3) is 0 Å². The van der Waals surface area contributed by atoms with Gasteiger partial charge >= 0.3 is 0 Å². The predicted octanol–water partition coefficient (Wildman–Crippen LogP) is 2.83. The molecule has 0 unspecified atom stereocenters. The fourth-order valence-corrected chi connectivity index (χ4v) is 1.71. The number of halogens is 2. The van der Waals surface area contributed by atoms with Crippen molar-refractivity contribution in [3.8, 4) is 0 Å². The number of anilines is 1. The quantitative estimate of drug-likeness (QED) is 0.610. The Morgan fingerprint density at radius 1 is 1.00 bits per heavy atom. The number of rotatable bonds is 4. The molecule has 0 aliphatic rings. The van der Waals surface area contributed by atoms with Gasteiger partial charge in [-0.15, -0.1) is 23.2 Å². The average Bonchev–Trinajstić information content (AvgIpc) is 2.13. The van der Waals surface area contributed by atoms with Crippen LogP contribution in [-0.2, 0) is 12.8 Å². The summed E-state index contributed by atoms with van der Waals surface area (Å²) in [6.07, 6.45) is 1.65. The van der Waals surface area contributed by atoms with Crippen molar-refractivity contribution < 1.29 is 0 Å². The van der Waals surface area contributed by atoms with E-state index < -0.39 is 0 Å². The van der Waals surface area contributed by atoms with Gasteiger partial charge < -0.3 is 5.73 Å². The molecule has 13 heavy (non-hydrogen) atoms. The summed E-state index contributed by atoms with van der Waals surface area (Å²) in [5.74, 6) is 1.21. The number of nitrogens with two attached hydrogens (primary N) is 1. The van der Waals surface area contributed by atoms with Crippen molar-refractivity contribution in [2.45, 2.75) is 12.8 Å². The van der Waals surface area contributed by atoms with Crippen LogP contribution in [0.1, 0.15) is 11.1 Å². The Labute approximate surface area is 88.8 Å². The van der Waals surface area contributed by atoms with Crippen molar-refractivity contribution in [3.63, 3.8) is 0 Å². The Morgan fingerprint density at radius 2 is 1.46 bits per heavy atom. The molecule has 0 saturated heterocycles. The van der Waals surface area contributed by atoms with Crippen LogP contribution in [0.5, 0.6) is 0 Å². The van der Waals surface area contributed by atoms with E-state index in [2.05, 4.69) is 0 Å². The second-order valence-electron chi connectivity index (χ2n) is 2.87. The Morgan fingerprint density at radius 3 is 1.85 bits per heavy atom. The molecule has 3 heteroatoms. The van der Waals surface area contributed by atoms with E-state index in [1.165, 1.54) is 0 Å². The van der Waals surface area contributed by atoms with Gasteiger partial charge in [-0.05, 0) is 24.0 Å². The summed E-state index contributed by atoms with van der Waals surface area (Å²) in [5.41, 5.74) is 9.03. The summed E-state index contributed by atoms with van der Waals surface area (Å²) in [4.78, 5) is 0. The summed E-state index contributed by atoms with van der Waals surface area (Å²) in [5, 5.41) is 0. The lowest BCUT2D eigenvalue weighted by Gasteiger charge is -2.08. The Kier molecular flexibility index (Phi) is 4.40. The van der Waals surface area contributed by atoms with Crippen molar-refractivity contribution >= 4 is 28.9 Å². The van der Waals surface area contributed by atoms with Crippen LogP contribution in [0.2, 0.25) is 0 Å². The first-order valence-electron chi connectivity index (χ1n) is 4.27. The molecule has 0 aromatic heterocycles. The van der Waals surface area contributed by atoms with E-state index in [-0.39, 0.29) is 0 Å². The molecule has 72 valence electrons. The number of hydrogen-bond acceptors (Lipinski definition) is 1. The van der Waals surface area contributed by atoms with E-state index in [4.69, 9.17) is 28.9 Å². The van der Waals surface area contributed by atoms with Gasteiger partial charge in [0.1, 0.15) is 0 Å². The highest BCUT2D eigenvalue weighted by molar-refractivity contribution is 6.18. The molecule has 0 aliphatic heterocycles. The molecular weight excluding hydrogens is 205 g/mol. The van der Waals surface area contributed by atoms with E-state index in [1.54, 1.807) is 0 Å². The Bertz CT molecular complexity index is 249. The molecule has 0 saturated carbocycles. The zero-order chi connectivity index (χ0) is 9.68. The summed E-state index contributed by atoms with van der Waals surface area (Å²) in [6, 6.07) is 6.02. The maximum Gasteiger partial charge on any atom is 0.0379 e. The molecule has 0 spiro atoms. The largest absolute Gasteiger partial charge is 0.398 e. The molecule has 0 radical (unpaired) electrons. The normalized spacial score (nSPS) is 10.3. The second kappa shape index (κ2) is 5.36. The van der Waals surface area contributed by atoms with Gasteiger partial charge in [0.2, 0.25) is 0 Å². The van der Waals surface area contributed by atoms with E-state index >= 15 is 0 Å². The zero-order valence-corrected chi connectivity index (χ0v) is 8.91. The highest BCUT2D eigenvalue weighted by Crippen LogP contribution is 2.19. The molecule has 0 atom stereocenters. The molecule has 0 bridgehead atoms. The first kappa shape index (κ1) is 10.7. The topological polar surface area (TPSA) is 26.0 Å². The standard InChI is InChI=1S/C10H13Cl2N/c11-6-4-8-2-1-3-9(5-7-12)10(8)13/h1-3H,4-7,13H2. The number of alkyl halides is 2. The van der Waals surface area contributed by atoms with E-state index in [9.17, 15) is 0 Å². The number of para-hydroxylation sites is 1. The Hall–Kier alpha value is -0.400. The number of nitrogen functional groups attached to an aromatic ring is 1. The smallest absolute Gasteiger partial charge is 0.0379 e. The molecule has 2 N–H and O–H groups in total. The van der Waals surface area contributed by atoms with Gasteiger partial charge in [0, 0.05) is 17.4 Å². The van der Waals surface area contributed by atoms with Crippen molar-refractivity contribution in [1.82, 2.24) is 0 Å². The molecular formula is C10H13Cl2N. The molecule has 1 rings (SSSR count). The summed E-state index contributed by atoms with van der Waals surface area (Å²) < 4.78 is 0. The third-order valence-corrected chi connectivity index (χ3v) is 2.39. The third-order valence-electron chi connectivity index (χ3n) is 2.01. The first-order chi connectivity index (χ1) is 6.29. The first-order valence-corrected chi connectivity index (χ1v) is 5.34. The SMILES string of the molecule is Nc1c(CCCl)cccc1CCCl. The lowest BCUT2D eigenvalue weighted by molar-refractivity contribution is 1.10. The van der Waals surface area contributed by atoms with Gasteiger partial charge in [-0.2, -0.15) is 0 Å². The fourth-order valence-electron chi connectivity index (χ4n) is 1.31. The maximum absolute atomic E-state index is 5.94. The Balaban J connectivity index is 2.89. The van der Waals surface area contributed by atoms with Crippen LogP contribution in [0.3, 0.4) is 0 Å². The number of aryl methyl sites for hydroxylation is 2. The molecule has 0 amide bonds. The number of hydrogen-bond donors (Lipinski definition) is 1. The van der Waals surface area contributed by atoms with Crippen LogP contribution in [0.25, 0.3) is 0 Å². The van der Waals surface area contributed by atoms with Crippen molar-refractivity contribution in [2.24, 2.45) is 0 Å². The minimum Gasteiger partial charge on any atom is -0.398 e. The molecule has 0 aliphatic carbocycles. The predicted molar refractivity (Wildman–Crippen MR) is 59.7 cm³/mol. The zero-order valence-electron chi connectivity index (χ0n) is 7.39. The maximum atomic E-state index is 5.94. The van der Waals surface area contributed by atoms with Crippen LogP contribution in [0, 0.1) is 0 Å². The molecule has 1 aromatic rings. The monoisotopic (exact) mass is 217 g/mol. The molecule has 0 heterocycles. The molecule has 1 nitrogen and oxygen atoms in total. The minimum atomic E-state index is 0.606. The fraction of sp³-hybridized carbons (Fsp3) is 0.400. The summed E-state index contributed by atoms with van der Waals surface area (Å²) >= 11 is 11.3. The molecule has 0 fully saturated rings. The number of benzene rings is 1. The van der Waals surface area contributed by atoms with Gasteiger partial charge in [-0.3, -0.25) is 0 Å². The second-order valence-corrected chi connectivity index (χ2v) is 3.62. The molecule has 1 aromatic carbocycles. The highest BCUT2D eigenvalue weighted by Gasteiger charge is 2.03. The van der Waals surface area contributed by atoms with Crippen molar-refractivity contribution in [2.75, 3.05) is 17.5 Å². The van der Waals surface area contributed by atoms with E-state index in [0.29, 0.717) is 11.8 Å². The third kappa shape index (κ3) is 2.78. The van der Waals surface area contributed by atoms with Crippen molar-refractivity contribution in [1.29, 1.82) is 0 Å². The lowest BCUT2D eigenvalue weighted by Crippen LogP contribution is -2.01. The van der Waals surface area contributed by atoms with Gasteiger partial charge in [-0.25, -0.2) is 0 Å². The van der Waals surface area contributed by atoms with Gasteiger partial charge in [0.15, 0.2) is 0 Å². The average molecular weight is 218 g/mol. The van der Waals surface area contributed by atoms with Crippen LogP contribution in [0.15, 0.2) is 18.2 Å². The highest BCUT2D eigenvalue weighted by atomic mass is 35.5. The van der Waals surface area contributed by atoms with Crippen LogP contribution >= 0.6 is 23.2 Å². The summed E-state index contributed by atoms with van der Waals surface area (Å²) in [6.45, 7) is 0. The van der Waals surface area contributed by atoms with Crippen molar-refractivity contribution in [3.05, 3.63) is 29.3 Å². The minimum absolute atomic E-state index is 0.606. The lowest BCUT2D eigenvalue weighted by atomic mass is 10.0. The van der Waals surface area contributed by atoms with Crippen LogP contribution < -0.4 is 5.73 Å². The van der Waals surface area contributed by atoms with Crippen LogP contribution in [0.4, 0.5) is 5.69 Å². The van der Waals surface area contributed by atoms with Crippen LogP contribution in [-0.4, -0.2) is 11.8 Å². The van der Waals surface area contributed by atoms with Gasteiger partial charge in [-0.1, -0.05) is 18.2 Å². The van der Waals surface area contributed by atoms with Gasteiger partial charge in [0.05, 0.1) is 0 Å². The summed E-state index contributed by atoms with van der Waals surface area (Å²) in [7, 11) is 0. The van der Waals surface area contributed by atoms with E-state index in [1.807, 2.05) is 18.2 Å². The van der Waals surface area contributed by atoms with E-state index in [0.717, 1.165) is 29.7 Å².